The van der Waals surface area contributed by atoms with Gasteiger partial charge in [0.25, 0.3) is 11.1 Å². The molecular weight excluding hydrogens is 520 g/mol. The van der Waals surface area contributed by atoms with Gasteiger partial charge in [-0.15, -0.1) is 6.58 Å². The average molecular weight is 538 g/mol. The largest absolute Gasteiger partial charge is 0.504 e. The van der Waals surface area contributed by atoms with Gasteiger partial charge in [0.05, 0.1) is 17.0 Å². The van der Waals surface area contributed by atoms with Crippen LogP contribution in [0, 0.1) is 0 Å². The molecule has 1 saturated heterocycles. The molecule has 1 aliphatic rings. The number of phenolic OH excluding ortho intramolecular Hbond substituents is 1. The second kappa shape index (κ2) is 10.2. The summed E-state index contributed by atoms with van der Waals surface area (Å²) < 4.78 is 5.86. The standard InChI is InChI=1S/C22H18BrClN2O5S/c1-3-4-13-7-12(8-17(31-2)20(13)28)9-18-21(29)26(22(30)32-18)11-19(27)25-14-5-6-15(23)16(24)10-14/h3,5-10,28H,1,4,11H2,2H3,(H,25,27)/b18-9-. The first kappa shape index (κ1) is 23.9. The van der Waals surface area contributed by atoms with Crippen LogP contribution in [-0.4, -0.2) is 40.7 Å². The number of amides is 3. The molecule has 32 heavy (non-hydrogen) atoms. The van der Waals surface area contributed by atoms with E-state index in [9.17, 15) is 19.5 Å². The van der Waals surface area contributed by atoms with E-state index in [0.29, 0.717) is 32.7 Å². The molecule has 166 valence electrons. The minimum atomic E-state index is -0.582. The maximum atomic E-state index is 12.8. The van der Waals surface area contributed by atoms with Crippen LogP contribution in [0.15, 0.2) is 52.4 Å². The molecule has 1 aliphatic heterocycles. The number of carbonyl (C=O) groups is 3. The van der Waals surface area contributed by atoms with Gasteiger partial charge in [-0.1, -0.05) is 17.7 Å². The highest BCUT2D eigenvalue weighted by molar-refractivity contribution is 9.10. The fourth-order valence-corrected chi connectivity index (χ4v) is 4.21. The van der Waals surface area contributed by atoms with E-state index >= 15 is 0 Å². The number of halogens is 2. The molecule has 0 atom stereocenters. The number of ether oxygens (including phenoxy) is 1. The number of benzene rings is 2. The third-order valence-corrected chi connectivity index (χ3v) is 6.58. The molecule has 0 aliphatic carbocycles. The van der Waals surface area contributed by atoms with E-state index in [0.717, 1.165) is 16.7 Å². The molecule has 1 fully saturated rings. The molecule has 7 nitrogen and oxygen atoms in total. The number of nitrogens with zero attached hydrogens (tertiary/aromatic N) is 1. The number of phenols is 1. The Morgan fingerprint density at radius 2 is 2.09 bits per heavy atom. The van der Waals surface area contributed by atoms with Crippen LogP contribution in [0.4, 0.5) is 10.5 Å². The zero-order chi connectivity index (χ0) is 23.4. The first-order valence-electron chi connectivity index (χ1n) is 9.24. The minimum Gasteiger partial charge on any atom is -0.504 e. The van der Waals surface area contributed by atoms with E-state index in [1.807, 2.05) is 0 Å². The van der Waals surface area contributed by atoms with Crippen LogP contribution < -0.4 is 10.1 Å². The first-order chi connectivity index (χ1) is 15.2. The molecular formula is C22H18BrClN2O5S. The molecule has 10 heteroatoms. The van der Waals surface area contributed by atoms with E-state index < -0.39 is 23.6 Å². The SMILES string of the molecule is C=CCc1cc(/C=C2\SC(=O)N(CC(=O)Nc3ccc(Br)c(Cl)c3)C2=O)cc(OC)c1O. The molecule has 0 aromatic heterocycles. The monoisotopic (exact) mass is 536 g/mol. The Balaban J connectivity index is 1.77. The van der Waals surface area contributed by atoms with Crippen molar-refractivity contribution < 1.29 is 24.2 Å². The number of methoxy groups -OCH3 is 1. The number of aromatic hydroxyl groups is 1. The smallest absolute Gasteiger partial charge is 0.294 e. The molecule has 3 rings (SSSR count). The Labute approximate surface area is 202 Å². The van der Waals surface area contributed by atoms with Gasteiger partial charge in [0, 0.05) is 15.7 Å². The van der Waals surface area contributed by atoms with Gasteiger partial charge in [-0.2, -0.15) is 0 Å². The number of carbonyl (C=O) groups excluding carboxylic acids is 3. The zero-order valence-electron chi connectivity index (χ0n) is 16.9. The van der Waals surface area contributed by atoms with Crippen molar-refractivity contribution >= 4 is 68.1 Å². The summed E-state index contributed by atoms with van der Waals surface area (Å²) in [5, 5.41) is 12.7. The quantitative estimate of drug-likeness (QED) is 0.371. The summed E-state index contributed by atoms with van der Waals surface area (Å²) in [6.07, 6.45) is 3.54. The van der Waals surface area contributed by atoms with Crippen LogP contribution in [0.3, 0.4) is 0 Å². The predicted molar refractivity (Wildman–Crippen MR) is 129 cm³/mol. The summed E-state index contributed by atoms with van der Waals surface area (Å²) in [7, 11) is 1.42. The lowest BCUT2D eigenvalue weighted by atomic mass is 10.1. The third-order valence-electron chi connectivity index (χ3n) is 4.44. The van der Waals surface area contributed by atoms with Crippen molar-refractivity contribution in [1.82, 2.24) is 4.90 Å². The van der Waals surface area contributed by atoms with Crippen molar-refractivity contribution in [2.24, 2.45) is 0 Å². The van der Waals surface area contributed by atoms with Gasteiger partial charge < -0.3 is 15.2 Å². The van der Waals surface area contributed by atoms with E-state index in [1.54, 1.807) is 36.4 Å². The topological polar surface area (TPSA) is 95.9 Å². The Bertz CT molecular complexity index is 1150. The van der Waals surface area contributed by atoms with Crippen molar-refractivity contribution in [3.05, 3.63) is 68.5 Å². The summed E-state index contributed by atoms with van der Waals surface area (Å²) in [4.78, 5) is 38.5. The second-order valence-corrected chi connectivity index (χ2v) is 8.92. The number of imide groups is 1. The molecule has 3 amide bonds. The zero-order valence-corrected chi connectivity index (χ0v) is 20.0. The molecule has 0 bridgehead atoms. The fourth-order valence-electron chi connectivity index (χ4n) is 2.94. The van der Waals surface area contributed by atoms with Gasteiger partial charge in [-0.25, -0.2) is 0 Å². The predicted octanol–water partition coefficient (Wildman–Crippen LogP) is 5.22. The van der Waals surface area contributed by atoms with Crippen molar-refractivity contribution in [3.8, 4) is 11.5 Å². The Hall–Kier alpha value is -2.75. The molecule has 0 saturated carbocycles. The van der Waals surface area contributed by atoms with Crippen molar-refractivity contribution in [2.45, 2.75) is 6.42 Å². The molecule has 0 spiro atoms. The first-order valence-corrected chi connectivity index (χ1v) is 11.2. The van der Waals surface area contributed by atoms with Gasteiger partial charge in [-0.3, -0.25) is 19.3 Å². The van der Waals surface area contributed by atoms with Gasteiger partial charge >= 0.3 is 0 Å². The number of anilines is 1. The molecule has 0 radical (unpaired) electrons. The molecule has 1 heterocycles. The van der Waals surface area contributed by atoms with Crippen molar-refractivity contribution in [1.29, 1.82) is 0 Å². The van der Waals surface area contributed by atoms with Crippen molar-refractivity contribution in [3.63, 3.8) is 0 Å². The highest BCUT2D eigenvalue weighted by Gasteiger charge is 2.36. The van der Waals surface area contributed by atoms with Gasteiger partial charge in [0.1, 0.15) is 6.54 Å². The van der Waals surface area contributed by atoms with Crippen LogP contribution in [0.1, 0.15) is 11.1 Å². The lowest BCUT2D eigenvalue weighted by molar-refractivity contribution is -0.127. The van der Waals surface area contributed by atoms with Crippen LogP contribution in [0.2, 0.25) is 5.02 Å². The van der Waals surface area contributed by atoms with Crippen LogP contribution in [0.5, 0.6) is 11.5 Å². The number of rotatable bonds is 7. The maximum Gasteiger partial charge on any atom is 0.294 e. The van der Waals surface area contributed by atoms with E-state index in [-0.39, 0.29) is 16.4 Å². The lowest BCUT2D eigenvalue weighted by Crippen LogP contribution is -2.36. The fraction of sp³-hybridized carbons (Fsp3) is 0.136. The molecule has 2 aromatic rings. The van der Waals surface area contributed by atoms with E-state index in [4.69, 9.17) is 16.3 Å². The van der Waals surface area contributed by atoms with Gasteiger partial charge in [0.15, 0.2) is 11.5 Å². The maximum absolute atomic E-state index is 12.8. The number of hydrogen-bond acceptors (Lipinski definition) is 6. The highest BCUT2D eigenvalue weighted by Crippen LogP contribution is 2.36. The summed E-state index contributed by atoms with van der Waals surface area (Å²) in [6.45, 7) is 3.23. The van der Waals surface area contributed by atoms with Crippen molar-refractivity contribution in [2.75, 3.05) is 19.0 Å². The summed E-state index contributed by atoms with van der Waals surface area (Å²) in [6, 6.07) is 8.10. The third kappa shape index (κ3) is 5.35. The summed E-state index contributed by atoms with van der Waals surface area (Å²) in [5.41, 5.74) is 1.57. The van der Waals surface area contributed by atoms with Crippen LogP contribution in [-0.2, 0) is 16.0 Å². The van der Waals surface area contributed by atoms with E-state index in [1.165, 1.54) is 13.2 Å². The summed E-state index contributed by atoms with van der Waals surface area (Å²) >= 11 is 10.0. The summed E-state index contributed by atoms with van der Waals surface area (Å²) in [5.74, 6) is -0.891. The van der Waals surface area contributed by atoms with Gasteiger partial charge in [0.2, 0.25) is 5.91 Å². The Kier molecular flexibility index (Phi) is 7.65. The highest BCUT2D eigenvalue weighted by atomic mass is 79.9. The number of allylic oxidation sites excluding steroid dienone is 1. The normalized spacial score (nSPS) is 14.7. The average Bonchev–Trinajstić information content (AvgIpc) is 3.00. The lowest BCUT2D eigenvalue weighted by Gasteiger charge is -2.13. The van der Waals surface area contributed by atoms with Crippen LogP contribution in [0.25, 0.3) is 6.08 Å². The van der Waals surface area contributed by atoms with Gasteiger partial charge in [-0.05, 0) is 76.1 Å². The second-order valence-electron chi connectivity index (χ2n) is 6.67. The Morgan fingerprint density at radius 3 is 2.75 bits per heavy atom. The number of nitrogens with one attached hydrogen (secondary N) is 1. The number of thioether (sulfide) groups is 1. The van der Waals surface area contributed by atoms with E-state index in [2.05, 4.69) is 27.8 Å². The minimum absolute atomic E-state index is 0.0117. The van der Waals surface area contributed by atoms with Crippen LogP contribution >= 0.6 is 39.3 Å². The number of hydrogen-bond donors (Lipinski definition) is 2. The molecule has 2 aromatic carbocycles. The molecule has 2 N–H and O–H groups in total. The Morgan fingerprint density at radius 1 is 1.34 bits per heavy atom. The molecule has 0 unspecified atom stereocenters.